The average Bonchev–Trinajstić information content (AvgIpc) is 3.22. The zero-order valence-electron chi connectivity index (χ0n) is 23.0. The lowest BCUT2D eigenvalue weighted by Crippen LogP contribution is -2.68. The van der Waals surface area contributed by atoms with E-state index in [9.17, 15) is 24.6 Å². The fourth-order valence-corrected chi connectivity index (χ4v) is 10.6. The Morgan fingerprint density at radius 2 is 1.58 bits per heavy atom. The molecule has 0 aromatic carbocycles. The van der Waals surface area contributed by atoms with Crippen molar-refractivity contribution in [3.8, 4) is 0 Å². The number of amides is 1. The third kappa shape index (κ3) is 6.49. The number of carbonyl (C=O) groups excluding carboxylic acids is 2. The van der Waals surface area contributed by atoms with Crippen LogP contribution in [0.1, 0.15) is 95.7 Å². The van der Waals surface area contributed by atoms with Gasteiger partial charge in [0.25, 0.3) is 0 Å². The fourth-order valence-electron chi connectivity index (χ4n) is 5.41. The second kappa shape index (κ2) is 13.6. The van der Waals surface area contributed by atoms with Gasteiger partial charge in [0.1, 0.15) is 11.1 Å². The molecule has 0 aliphatic carbocycles. The van der Waals surface area contributed by atoms with Crippen molar-refractivity contribution in [3.05, 3.63) is 17.5 Å². The van der Waals surface area contributed by atoms with Gasteiger partial charge in [0.2, 0.25) is 5.91 Å². The van der Waals surface area contributed by atoms with Crippen molar-refractivity contribution in [2.24, 2.45) is 5.92 Å². The summed E-state index contributed by atoms with van der Waals surface area (Å²) in [5.74, 6) is -2.44. The Hall–Kier alpha value is -1.92. The first-order chi connectivity index (χ1) is 17.1. The van der Waals surface area contributed by atoms with Crippen LogP contribution in [0.2, 0.25) is 0 Å². The minimum absolute atomic E-state index is 0.0480. The summed E-state index contributed by atoms with van der Waals surface area (Å²) in [5, 5.41) is 25.4. The maximum atomic E-state index is 13.4. The lowest BCUT2D eigenvalue weighted by Gasteiger charge is -2.50. The van der Waals surface area contributed by atoms with Gasteiger partial charge in [-0.1, -0.05) is 46.9 Å². The maximum Gasteiger partial charge on any atom is 0.352 e. The van der Waals surface area contributed by atoms with E-state index in [1.807, 2.05) is 13.8 Å². The van der Waals surface area contributed by atoms with Crippen LogP contribution in [-0.2, 0) is 16.1 Å². The molecule has 1 saturated heterocycles. The number of likely N-dealkylation sites (tertiary alicyclic amines) is 1. The zero-order chi connectivity index (χ0) is 27.0. The number of ketones is 1. The molecule has 3 atom stereocenters. The summed E-state index contributed by atoms with van der Waals surface area (Å²) in [6.07, 6.45) is 7.00. The minimum atomic E-state index is -2.18. The van der Waals surface area contributed by atoms with E-state index in [4.69, 9.17) is 0 Å². The van der Waals surface area contributed by atoms with Crippen LogP contribution in [0.4, 0.5) is 0 Å². The lowest BCUT2D eigenvalue weighted by atomic mass is 9.80. The standard InChI is InChI=1S/C27H46N3O5P/c1-7-11-14-36(15-12-8-2,16-13-9-3)26(27(34)35)30-22(24(20(6)31)25(30)33)18-23(32)21-17-19(5)29(10-4)28-21/h17,20,22,24,31H,7-16,18H2,1-6H3,(H,34,35). The molecule has 36 heavy (non-hydrogen) atoms. The van der Waals surface area contributed by atoms with E-state index in [1.54, 1.807) is 17.7 Å². The van der Waals surface area contributed by atoms with Crippen molar-refractivity contribution < 1.29 is 24.6 Å². The number of carbonyl (C=O) groups is 3. The number of hydrogen-bond acceptors (Lipinski definition) is 5. The van der Waals surface area contributed by atoms with Crippen LogP contribution in [0.5, 0.6) is 0 Å². The largest absolute Gasteiger partial charge is 0.477 e. The van der Waals surface area contributed by atoms with Crippen LogP contribution in [-0.4, -0.2) is 78.6 Å². The van der Waals surface area contributed by atoms with Crippen molar-refractivity contribution in [1.82, 2.24) is 14.7 Å². The number of nitrogens with zero attached hydrogens (tertiary/aromatic N) is 3. The number of aliphatic hydroxyl groups excluding tert-OH is 1. The number of carboxylic acid groups (broad SMARTS) is 1. The molecule has 0 spiro atoms. The van der Waals surface area contributed by atoms with Crippen LogP contribution in [0.3, 0.4) is 0 Å². The van der Waals surface area contributed by atoms with E-state index < -0.39 is 30.9 Å². The molecule has 1 aliphatic rings. The number of hydrogen-bond donors (Lipinski definition) is 2. The summed E-state index contributed by atoms with van der Waals surface area (Å²) < 4.78 is 1.74. The molecule has 0 saturated carbocycles. The summed E-state index contributed by atoms with van der Waals surface area (Å²) in [6, 6.07) is 1.06. The molecule has 1 aromatic rings. The molecule has 8 nitrogen and oxygen atoms in total. The maximum absolute atomic E-state index is 13.4. The molecule has 1 amide bonds. The fraction of sp³-hybridized carbons (Fsp3) is 0.741. The summed E-state index contributed by atoms with van der Waals surface area (Å²) in [6.45, 7) is 10.1. The highest BCUT2D eigenvalue weighted by Gasteiger charge is 2.54. The van der Waals surface area contributed by atoms with Gasteiger partial charge in [0.15, 0.2) is 5.78 Å². The van der Waals surface area contributed by atoms with Crippen LogP contribution in [0.15, 0.2) is 6.07 Å². The third-order valence-corrected chi connectivity index (χ3v) is 12.3. The number of unbranched alkanes of at least 4 members (excludes halogenated alkanes) is 3. The molecule has 1 fully saturated rings. The SMILES string of the molecule is CCCCP(CCCC)(CCCC)=C(C(=O)O)N1C(=O)C(C(C)O)C1CC(=O)c1cc(C)n(CC)n1. The molecule has 0 radical (unpaired) electrons. The Balaban J connectivity index is 2.61. The van der Waals surface area contributed by atoms with E-state index in [0.717, 1.165) is 62.7 Å². The Bertz CT molecular complexity index is 956. The topological polar surface area (TPSA) is 113 Å². The van der Waals surface area contributed by atoms with Gasteiger partial charge in [-0.15, -0.1) is 0 Å². The predicted molar refractivity (Wildman–Crippen MR) is 146 cm³/mol. The van der Waals surface area contributed by atoms with E-state index in [0.29, 0.717) is 12.2 Å². The normalized spacial score (nSPS) is 18.8. The number of aryl methyl sites for hydroxylation is 2. The summed E-state index contributed by atoms with van der Waals surface area (Å²) in [7, 11) is 0. The molecule has 2 heterocycles. The molecule has 9 heteroatoms. The van der Waals surface area contributed by atoms with Crippen molar-refractivity contribution in [3.63, 3.8) is 0 Å². The van der Waals surface area contributed by atoms with Crippen molar-refractivity contribution >= 4 is 30.0 Å². The molecule has 3 unspecified atom stereocenters. The smallest absolute Gasteiger partial charge is 0.352 e. The Kier molecular flexibility index (Phi) is 11.4. The van der Waals surface area contributed by atoms with Crippen LogP contribution < -0.4 is 0 Å². The van der Waals surface area contributed by atoms with Gasteiger partial charge >= 0.3 is 5.97 Å². The molecule has 1 aromatic heterocycles. The van der Waals surface area contributed by atoms with Crippen molar-refractivity contribution in [2.75, 3.05) is 18.5 Å². The second-order valence-electron chi connectivity index (χ2n) is 10.2. The van der Waals surface area contributed by atoms with E-state index in [-0.39, 0.29) is 23.5 Å². The number of carboxylic acids is 1. The van der Waals surface area contributed by atoms with Crippen molar-refractivity contribution in [1.29, 1.82) is 0 Å². The van der Waals surface area contributed by atoms with Gasteiger partial charge in [-0.05, 0) is 64.6 Å². The van der Waals surface area contributed by atoms with E-state index >= 15 is 0 Å². The van der Waals surface area contributed by atoms with E-state index in [2.05, 4.69) is 25.9 Å². The monoisotopic (exact) mass is 523 g/mol. The van der Waals surface area contributed by atoms with Gasteiger partial charge in [0.05, 0.1) is 18.1 Å². The number of Topliss-reactive ketones (excluding diaryl/α,β-unsaturated/α-hetero) is 1. The number of aromatic nitrogens is 2. The predicted octanol–water partition coefficient (Wildman–Crippen LogP) is 4.62. The Morgan fingerprint density at radius 3 is 1.97 bits per heavy atom. The highest BCUT2D eigenvalue weighted by atomic mass is 31.2. The van der Waals surface area contributed by atoms with Gasteiger partial charge in [0, 0.05) is 18.7 Å². The van der Waals surface area contributed by atoms with Gasteiger partial charge < -0.3 is 15.1 Å². The molecular weight excluding hydrogens is 477 g/mol. The average molecular weight is 524 g/mol. The van der Waals surface area contributed by atoms with Crippen LogP contribution in [0, 0.1) is 12.8 Å². The number of rotatable bonds is 16. The number of aliphatic hydroxyl groups is 1. The van der Waals surface area contributed by atoms with Crippen LogP contribution >= 0.6 is 6.89 Å². The number of β-lactam (4-membered cyclic amide) rings is 1. The first-order valence-electron chi connectivity index (χ1n) is 13.6. The van der Waals surface area contributed by atoms with Crippen LogP contribution in [0.25, 0.3) is 0 Å². The lowest BCUT2D eigenvalue weighted by molar-refractivity contribution is -0.156. The van der Waals surface area contributed by atoms with Crippen molar-refractivity contribution in [2.45, 2.75) is 105 Å². The van der Waals surface area contributed by atoms with Gasteiger partial charge in [-0.2, -0.15) is 5.10 Å². The quantitative estimate of drug-likeness (QED) is 0.186. The van der Waals surface area contributed by atoms with Gasteiger partial charge in [-0.25, -0.2) is 4.79 Å². The molecule has 2 N–H and O–H groups in total. The molecule has 1 aliphatic heterocycles. The number of aliphatic carboxylic acids is 1. The Morgan fingerprint density at radius 1 is 1.06 bits per heavy atom. The highest BCUT2D eigenvalue weighted by Crippen LogP contribution is 2.54. The molecule has 0 bridgehead atoms. The highest BCUT2D eigenvalue weighted by molar-refractivity contribution is 7.77. The summed E-state index contributed by atoms with van der Waals surface area (Å²) in [5.41, 5.74) is 1.42. The molecule has 2 rings (SSSR count). The summed E-state index contributed by atoms with van der Waals surface area (Å²) >= 11 is 0. The van der Waals surface area contributed by atoms with Gasteiger partial charge in [-0.3, -0.25) is 14.3 Å². The zero-order valence-corrected chi connectivity index (χ0v) is 23.9. The molecule has 204 valence electrons. The third-order valence-electron chi connectivity index (χ3n) is 7.44. The molecular formula is C27H46N3O5P. The summed E-state index contributed by atoms with van der Waals surface area (Å²) in [4.78, 5) is 41.0. The Labute approximate surface area is 216 Å². The van der Waals surface area contributed by atoms with E-state index in [1.165, 1.54) is 4.90 Å². The first kappa shape index (κ1) is 30.3. The first-order valence-corrected chi connectivity index (χ1v) is 16.0. The minimum Gasteiger partial charge on any atom is -0.477 e. The second-order valence-corrected chi connectivity index (χ2v) is 14.2.